The van der Waals surface area contributed by atoms with E-state index in [4.69, 9.17) is 0 Å². The van der Waals surface area contributed by atoms with Gasteiger partial charge in [0.2, 0.25) is 0 Å². The summed E-state index contributed by atoms with van der Waals surface area (Å²) in [6, 6.07) is 1.98. The predicted molar refractivity (Wildman–Crippen MR) is 35.8 cm³/mol. The Kier molecular flexibility index (Phi) is 2.82. The summed E-state index contributed by atoms with van der Waals surface area (Å²) in [4.78, 5) is 5.20. The van der Waals surface area contributed by atoms with E-state index < -0.39 is 23.8 Å². The van der Waals surface area contributed by atoms with E-state index >= 15 is 0 Å². The lowest BCUT2D eigenvalue weighted by Gasteiger charge is -2.28. The second kappa shape index (κ2) is 3.56. The van der Waals surface area contributed by atoms with Crippen molar-refractivity contribution < 1.29 is 30.7 Å². The fourth-order valence-corrected chi connectivity index (χ4v) is 0.856. The molecule has 0 saturated carbocycles. The number of nitrogens with zero attached hydrogens (tertiary/aromatic N) is 2. The Bertz CT molecular complexity index is 341. The summed E-state index contributed by atoms with van der Waals surface area (Å²) in [6.45, 7) is 0. The van der Waals surface area contributed by atoms with E-state index in [1.807, 2.05) is 6.07 Å². The number of alkyl halides is 7. The number of hydrogen-bond donors (Lipinski definition) is 0. The maximum Gasteiger partial charge on any atom is 0.439 e. The summed E-state index contributed by atoms with van der Waals surface area (Å²) in [5.41, 5.74) is -5.57. The molecule has 1 aromatic heterocycles. The van der Waals surface area contributed by atoms with Crippen molar-refractivity contribution in [2.75, 3.05) is 0 Å². The number of aromatic nitrogens is 2. The number of halogens is 7. The van der Waals surface area contributed by atoms with E-state index in [1.165, 1.54) is 0 Å². The van der Waals surface area contributed by atoms with E-state index in [9.17, 15) is 30.7 Å². The van der Waals surface area contributed by atoms with Gasteiger partial charge in [-0.2, -0.15) is 26.3 Å². The highest BCUT2D eigenvalue weighted by atomic mass is 19.4. The summed E-state index contributed by atoms with van der Waals surface area (Å²) < 4.78 is 85.8. The standard InChI is InChI=1S/C7H2F7N2/c8-5(6(9,10)11,7(12,13)14)4-15-2-1-3-16-4/h2-3H. The lowest BCUT2D eigenvalue weighted by atomic mass is 10.0. The van der Waals surface area contributed by atoms with Gasteiger partial charge in [-0.3, -0.25) is 0 Å². The predicted octanol–water partition coefficient (Wildman–Crippen LogP) is 2.57. The molecule has 0 N–H and O–H groups in total. The Morgan fingerprint density at radius 1 is 0.812 bits per heavy atom. The molecule has 1 radical (unpaired) electrons. The molecule has 1 aromatic rings. The molecule has 0 aliphatic carbocycles. The van der Waals surface area contributed by atoms with Crippen LogP contribution in [0.3, 0.4) is 0 Å². The second-order valence-electron chi connectivity index (χ2n) is 2.66. The fraction of sp³-hybridized carbons (Fsp3) is 0.429. The molecule has 0 amide bonds. The Morgan fingerprint density at radius 3 is 1.50 bits per heavy atom. The Labute approximate surface area is 84.1 Å². The van der Waals surface area contributed by atoms with E-state index in [2.05, 4.69) is 9.97 Å². The molecule has 0 bridgehead atoms. The third kappa shape index (κ3) is 1.81. The van der Waals surface area contributed by atoms with E-state index in [0.717, 1.165) is 0 Å². The zero-order valence-corrected chi connectivity index (χ0v) is 7.19. The van der Waals surface area contributed by atoms with Crippen molar-refractivity contribution >= 4 is 0 Å². The lowest BCUT2D eigenvalue weighted by Crippen LogP contribution is -2.51. The third-order valence-electron chi connectivity index (χ3n) is 1.61. The molecule has 2 nitrogen and oxygen atoms in total. The van der Waals surface area contributed by atoms with E-state index in [0.29, 0.717) is 12.4 Å². The Hall–Kier alpha value is -1.41. The summed E-state index contributed by atoms with van der Waals surface area (Å²) in [6.07, 6.45) is -11.4. The molecule has 1 rings (SSSR count). The van der Waals surface area contributed by atoms with Crippen LogP contribution in [-0.4, -0.2) is 22.3 Å². The van der Waals surface area contributed by atoms with Crippen molar-refractivity contribution in [1.29, 1.82) is 0 Å². The molecule has 16 heavy (non-hydrogen) atoms. The molecule has 0 aliphatic heterocycles. The first kappa shape index (κ1) is 12.7. The van der Waals surface area contributed by atoms with Gasteiger partial charge in [-0.15, -0.1) is 0 Å². The summed E-state index contributed by atoms with van der Waals surface area (Å²) in [7, 11) is 0. The van der Waals surface area contributed by atoms with Crippen molar-refractivity contribution in [1.82, 2.24) is 9.97 Å². The monoisotopic (exact) mass is 247 g/mol. The average Bonchev–Trinajstić information content (AvgIpc) is 2.14. The summed E-state index contributed by atoms with van der Waals surface area (Å²) >= 11 is 0. The lowest BCUT2D eigenvalue weighted by molar-refractivity contribution is -0.351. The molecular formula is C7H2F7N2. The van der Waals surface area contributed by atoms with Crippen LogP contribution in [0.2, 0.25) is 0 Å². The van der Waals surface area contributed by atoms with Gasteiger partial charge in [0, 0.05) is 18.5 Å². The maximum absolute atomic E-state index is 13.1. The van der Waals surface area contributed by atoms with Crippen molar-refractivity contribution in [3.63, 3.8) is 0 Å². The van der Waals surface area contributed by atoms with Crippen molar-refractivity contribution in [3.8, 4) is 0 Å². The van der Waals surface area contributed by atoms with Gasteiger partial charge in [0.1, 0.15) is 0 Å². The first-order valence-corrected chi connectivity index (χ1v) is 3.61. The average molecular weight is 247 g/mol. The van der Waals surface area contributed by atoms with E-state index in [-0.39, 0.29) is 0 Å². The van der Waals surface area contributed by atoms with Crippen LogP contribution >= 0.6 is 0 Å². The minimum atomic E-state index is -6.19. The molecule has 89 valence electrons. The SMILES string of the molecule is FC(F)(F)C(F)(c1nc[c]cn1)C(F)(F)F. The maximum atomic E-state index is 13.1. The van der Waals surface area contributed by atoms with Crippen LogP contribution in [0.5, 0.6) is 0 Å². The minimum Gasteiger partial charge on any atom is -0.237 e. The van der Waals surface area contributed by atoms with Gasteiger partial charge in [-0.25, -0.2) is 14.4 Å². The minimum absolute atomic E-state index is 0.466. The molecule has 0 spiro atoms. The van der Waals surface area contributed by atoms with Crippen LogP contribution in [-0.2, 0) is 5.67 Å². The highest BCUT2D eigenvalue weighted by Crippen LogP contribution is 2.51. The van der Waals surface area contributed by atoms with Crippen LogP contribution in [0, 0.1) is 6.07 Å². The quantitative estimate of drug-likeness (QED) is 0.713. The zero-order chi connectivity index (χ0) is 12.6. The van der Waals surface area contributed by atoms with Crippen molar-refractivity contribution in [2.24, 2.45) is 0 Å². The first-order valence-electron chi connectivity index (χ1n) is 3.61. The van der Waals surface area contributed by atoms with Gasteiger partial charge in [-0.1, -0.05) is 0 Å². The highest BCUT2D eigenvalue weighted by molar-refractivity contribution is 5.10. The van der Waals surface area contributed by atoms with Crippen LogP contribution in [0.4, 0.5) is 30.7 Å². The van der Waals surface area contributed by atoms with Crippen molar-refractivity contribution in [3.05, 3.63) is 24.3 Å². The van der Waals surface area contributed by atoms with Gasteiger partial charge in [0.05, 0.1) is 0 Å². The topological polar surface area (TPSA) is 25.8 Å². The third-order valence-corrected chi connectivity index (χ3v) is 1.61. The van der Waals surface area contributed by atoms with Crippen LogP contribution in [0.1, 0.15) is 5.82 Å². The molecule has 1 heterocycles. The Morgan fingerprint density at radius 2 is 1.19 bits per heavy atom. The summed E-state index contributed by atoms with van der Waals surface area (Å²) in [5.74, 6) is -2.01. The largest absolute Gasteiger partial charge is 0.439 e. The van der Waals surface area contributed by atoms with Gasteiger partial charge in [-0.05, 0) is 0 Å². The molecule has 0 atom stereocenters. The van der Waals surface area contributed by atoms with Crippen LogP contribution in [0.25, 0.3) is 0 Å². The van der Waals surface area contributed by atoms with Gasteiger partial charge >= 0.3 is 18.0 Å². The molecular weight excluding hydrogens is 245 g/mol. The second-order valence-corrected chi connectivity index (χ2v) is 2.66. The van der Waals surface area contributed by atoms with Crippen molar-refractivity contribution in [2.45, 2.75) is 18.0 Å². The van der Waals surface area contributed by atoms with Crippen LogP contribution in [0.15, 0.2) is 12.4 Å². The van der Waals surface area contributed by atoms with Gasteiger partial charge in [0.25, 0.3) is 0 Å². The number of rotatable bonds is 1. The zero-order valence-electron chi connectivity index (χ0n) is 7.19. The molecule has 0 unspecified atom stereocenters. The van der Waals surface area contributed by atoms with E-state index in [1.54, 1.807) is 0 Å². The summed E-state index contributed by atoms with van der Waals surface area (Å²) in [5, 5.41) is 0. The molecule has 0 aliphatic rings. The Balaban J connectivity index is 3.39. The van der Waals surface area contributed by atoms with Gasteiger partial charge in [0.15, 0.2) is 5.82 Å². The molecule has 0 aromatic carbocycles. The number of hydrogen-bond acceptors (Lipinski definition) is 2. The molecule has 9 heteroatoms. The smallest absolute Gasteiger partial charge is 0.237 e. The first-order chi connectivity index (χ1) is 7.11. The fourth-order valence-electron chi connectivity index (χ4n) is 0.856. The normalized spacial score (nSPS) is 13.9. The van der Waals surface area contributed by atoms with Gasteiger partial charge < -0.3 is 0 Å². The van der Waals surface area contributed by atoms with Crippen LogP contribution < -0.4 is 0 Å². The molecule has 0 saturated heterocycles. The molecule has 0 fully saturated rings. The highest BCUT2D eigenvalue weighted by Gasteiger charge is 2.75.